The molecule has 0 saturated heterocycles. The number of aromatic nitrogens is 4. The Morgan fingerprint density at radius 3 is 2.89 bits per heavy atom. The minimum absolute atomic E-state index is 0.531. The van der Waals surface area contributed by atoms with Crippen LogP contribution in [0, 0.1) is 0 Å². The van der Waals surface area contributed by atoms with E-state index in [0.29, 0.717) is 21.0 Å². The topological polar surface area (TPSA) is 46.5 Å². The summed E-state index contributed by atoms with van der Waals surface area (Å²) in [5, 5.41) is 11.9. The third kappa shape index (κ3) is 1.74. The van der Waals surface area contributed by atoms with Gasteiger partial charge in [-0.05, 0) is 18.2 Å². The van der Waals surface area contributed by atoms with Crippen LogP contribution in [-0.2, 0) is 0 Å². The molecule has 0 radical (unpaired) electrons. The van der Waals surface area contributed by atoms with Crippen LogP contribution in [0.5, 0.6) is 0 Å². The first-order chi connectivity index (χ1) is 8.65. The maximum Gasteiger partial charge on any atom is 0.333 e. The molecule has 3 rings (SSSR count). The van der Waals surface area contributed by atoms with Crippen LogP contribution < -0.4 is 0 Å². The highest BCUT2D eigenvalue weighted by Gasteiger charge is 2.13. The number of fused-ring (bicyclic) bond motifs is 1. The third-order valence-corrected chi connectivity index (χ3v) is 2.83. The van der Waals surface area contributed by atoms with Crippen LogP contribution in [-0.4, -0.2) is 20.0 Å². The van der Waals surface area contributed by atoms with Crippen molar-refractivity contribution in [1.29, 1.82) is 0 Å². The predicted molar refractivity (Wildman–Crippen MR) is 63.6 cm³/mol. The van der Waals surface area contributed by atoms with Gasteiger partial charge in [0.05, 0.1) is 11.7 Å². The standard InChI is InChI=1S/C11H7ClF2N4/c12-7-1-2-8-9(3-7)16-17-10(8)6-4-15-18(5-6)11(13)14/h1-5,11H,(H,16,17). The molecular weight excluding hydrogens is 262 g/mol. The summed E-state index contributed by atoms with van der Waals surface area (Å²) in [6.07, 6.45) is 2.62. The number of hydrogen-bond acceptors (Lipinski definition) is 2. The van der Waals surface area contributed by atoms with Crippen LogP contribution in [0.25, 0.3) is 22.2 Å². The molecule has 1 N–H and O–H groups in total. The smallest absolute Gasteiger partial charge is 0.277 e. The van der Waals surface area contributed by atoms with Crippen LogP contribution in [0.15, 0.2) is 30.6 Å². The fourth-order valence-electron chi connectivity index (χ4n) is 1.78. The number of H-pyrrole nitrogens is 1. The fourth-order valence-corrected chi connectivity index (χ4v) is 1.95. The molecular formula is C11H7ClF2N4. The van der Waals surface area contributed by atoms with Crippen molar-refractivity contribution < 1.29 is 8.78 Å². The van der Waals surface area contributed by atoms with Gasteiger partial charge in [0.1, 0.15) is 5.69 Å². The van der Waals surface area contributed by atoms with Crippen molar-refractivity contribution >= 4 is 22.5 Å². The molecule has 0 aliphatic carbocycles. The second-order valence-electron chi connectivity index (χ2n) is 3.75. The number of aromatic amines is 1. The summed E-state index contributed by atoms with van der Waals surface area (Å²) in [4.78, 5) is 0. The summed E-state index contributed by atoms with van der Waals surface area (Å²) in [5.74, 6) is 0. The average Bonchev–Trinajstić information content (AvgIpc) is 2.92. The fraction of sp³-hybridized carbons (Fsp3) is 0.0909. The van der Waals surface area contributed by atoms with Gasteiger partial charge in [-0.1, -0.05) is 11.6 Å². The molecule has 4 nitrogen and oxygen atoms in total. The first-order valence-corrected chi connectivity index (χ1v) is 5.49. The molecule has 0 amide bonds. The Morgan fingerprint density at radius 2 is 2.17 bits per heavy atom. The molecule has 0 atom stereocenters. The molecule has 18 heavy (non-hydrogen) atoms. The van der Waals surface area contributed by atoms with Crippen LogP contribution in [0.2, 0.25) is 5.02 Å². The first-order valence-electron chi connectivity index (χ1n) is 5.11. The Bertz CT molecular complexity index is 704. The van der Waals surface area contributed by atoms with Crippen molar-refractivity contribution in [3.63, 3.8) is 0 Å². The minimum atomic E-state index is -2.65. The van der Waals surface area contributed by atoms with E-state index >= 15 is 0 Å². The molecule has 92 valence electrons. The minimum Gasteiger partial charge on any atom is -0.277 e. The largest absolute Gasteiger partial charge is 0.333 e. The summed E-state index contributed by atoms with van der Waals surface area (Å²) >= 11 is 5.86. The van der Waals surface area contributed by atoms with Gasteiger partial charge in [0.15, 0.2) is 0 Å². The highest BCUT2D eigenvalue weighted by molar-refractivity contribution is 6.31. The molecule has 0 spiro atoms. The molecule has 7 heteroatoms. The summed E-state index contributed by atoms with van der Waals surface area (Å²) in [7, 11) is 0. The van der Waals surface area contributed by atoms with Gasteiger partial charge in [0.2, 0.25) is 0 Å². The van der Waals surface area contributed by atoms with E-state index in [4.69, 9.17) is 11.6 Å². The predicted octanol–water partition coefficient (Wildman–Crippen LogP) is 3.47. The lowest BCUT2D eigenvalue weighted by Crippen LogP contribution is -1.96. The number of halogens is 3. The summed E-state index contributed by atoms with van der Waals surface area (Å²) < 4.78 is 25.5. The number of rotatable bonds is 2. The van der Waals surface area contributed by atoms with Crippen LogP contribution in [0.3, 0.4) is 0 Å². The zero-order valence-electron chi connectivity index (χ0n) is 8.94. The summed E-state index contributed by atoms with van der Waals surface area (Å²) in [5.41, 5.74) is 1.86. The first kappa shape index (κ1) is 11.2. The molecule has 0 fully saturated rings. The van der Waals surface area contributed by atoms with Crippen molar-refractivity contribution in [2.45, 2.75) is 6.55 Å². The van der Waals surface area contributed by atoms with Crippen molar-refractivity contribution in [1.82, 2.24) is 20.0 Å². The van der Waals surface area contributed by atoms with E-state index in [-0.39, 0.29) is 0 Å². The second kappa shape index (κ2) is 4.06. The van der Waals surface area contributed by atoms with E-state index in [0.717, 1.165) is 10.9 Å². The summed E-state index contributed by atoms with van der Waals surface area (Å²) in [6, 6.07) is 5.24. The molecule has 2 heterocycles. The van der Waals surface area contributed by atoms with Crippen LogP contribution >= 0.6 is 11.6 Å². The van der Waals surface area contributed by atoms with E-state index in [1.165, 1.54) is 12.4 Å². The van der Waals surface area contributed by atoms with E-state index in [2.05, 4.69) is 15.3 Å². The number of nitrogens with one attached hydrogen (secondary N) is 1. The Kier molecular flexibility index (Phi) is 2.52. The average molecular weight is 269 g/mol. The van der Waals surface area contributed by atoms with Gasteiger partial charge in [-0.15, -0.1) is 0 Å². The molecule has 0 saturated carbocycles. The monoisotopic (exact) mass is 268 g/mol. The molecule has 0 bridgehead atoms. The van der Waals surface area contributed by atoms with Crippen molar-refractivity contribution in [3.05, 3.63) is 35.6 Å². The van der Waals surface area contributed by atoms with Gasteiger partial charge in [-0.2, -0.15) is 19.0 Å². The van der Waals surface area contributed by atoms with Gasteiger partial charge < -0.3 is 0 Å². The van der Waals surface area contributed by atoms with Crippen molar-refractivity contribution in [2.24, 2.45) is 0 Å². The second-order valence-corrected chi connectivity index (χ2v) is 4.19. The number of benzene rings is 1. The lowest BCUT2D eigenvalue weighted by Gasteiger charge is -1.95. The molecule has 2 aromatic heterocycles. The zero-order chi connectivity index (χ0) is 12.7. The van der Waals surface area contributed by atoms with E-state index in [1.807, 2.05) is 0 Å². The zero-order valence-corrected chi connectivity index (χ0v) is 9.70. The molecule has 0 aliphatic rings. The molecule has 1 aromatic carbocycles. The van der Waals surface area contributed by atoms with E-state index in [9.17, 15) is 8.78 Å². The summed E-state index contributed by atoms with van der Waals surface area (Å²) in [6.45, 7) is -2.65. The highest BCUT2D eigenvalue weighted by atomic mass is 35.5. The number of alkyl halides is 2. The van der Waals surface area contributed by atoms with Gasteiger partial charge in [-0.25, -0.2) is 4.68 Å². The lowest BCUT2D eigenvalue weighted by atomic mass is 10.1. The quantitative estimate of drug-likeness (QED) is 0.773. The molecule has 3 aromatic rings. The number of hydrogen-bond donors (Lipinski definition) is 1. The third-order valence-electron chi connectivity index (χ3n) is 2.60. The SMILES string of the molecule is FC(F)n1cc(-c2n[nH]c3cc(Cl)ccc23)cn1. The lowest BCUT2D eigenvalue weighted by molar-refractivity contribution is 0.0566. The van der Waals surface area contributed by atoms with Crippen molar-refractivity contribution in [3.8, 4) is 11.3 Å². The Hall–Kier alpha value is -1.95. The Balaban J connectivity index is 2.13. The molecule has 0 unspecified atom stereocenters. The van der Waals surface area contributed by atoms with Crippen LogP contribution in [0.1, 0.15) is 6.55 Å². The number of nitrogens with zero attached hydrogens (tertiary/aromatic N) is 3. The maximum atomic E-state index is 12.4. The molecule has 0 aliphatic heterocycles. The van der Waals surface area contributed by atoms with Gasteiger partial charge in [0, 0.05) is 22.2 Å². The normalized spacial score (nSPS) is 11.6. The van der Waals surface area contributed by atoms with Gasteiger partial charge >= 0.3 is 6.55 Å². The highest BCUT2D eigenvalue weighted by Crippen LogP contribution is 2.28. The van der Waals surface area contributed by atoms with Gasteiger partial charge in [-0.3, -0.25) is 5.10 Å². The Morgan fingerprint density at radius 1 is 1.33 bits per heavy atom. The van der Waals surface area contributed by atoms with Crippen molar-refractivity contribution in [2.75, 3.05) is 0 Å². The maximum absolute atomic E-state index is 12.4. The van der Waals surface area contributed by atoms with Gasteiger partial charge in [0.25, 0.3) is 0 Å². The van der Waals surface area contributed by atoms with E-state index < -0.39 is 6.55 Å². The Labute approximate surface area is 105 Å². The van der Waals surface area contributed by atoms with Crippen LogP contribution in [0.4, 0.5) is 8.78 Å². The van der Waals surface area contributed by atoms with E-state index in [1.54, 1.807) is 18.2 Å².